The van der Waals surface area contributed by atoms with E-state index in [0.29, 0.717) is 0 Å². The van der Waals surface area contributed by atoms with Crippen LogP contribution in [0.4, 0.5) is 0 Å². The SMILES string of the molecule is COc1ccc(Br)c(CN2CCN(Cc3cc(OC)ccc3Br)CC2)c1. The molecule has 4 nitrogen and oxygen atoms in total. The summed E-state index contributed by atoms with van der Waals surface area (Å²) in [5, 5.41) is 0. The fourth-order valence-electron chi connectivity index (χ4n) is 3.19. The molecule has 1 saturated heterocycles. The number of hydrogen-bond donors (Lipinski definition) is 0. The Hall–Kier alpha value is -1.08. The lowest BCUT2D eigenvalue weighted by Crippen LogP contribution is -2.45. The maximum absolute atomic E-state index is 5.35. The smallest absolute Gasteiger partial charge is 0.119 e. The molecular weight excluding hydrogens is 460 g/mol. The third-order valence-corrected chi connectivity index (χ3v) is 6.31. The maximum Gasteiger partial charge on any atom is 0.119 e. The zero-order valence-electron chi connectivity index (χ0n) is 15.2. The second-order valence-electron chi connectivity index (χ2n) is 6.47. The van der Waals surface area contributed by atoms with E-state index in [-0.39, 0.29) is 0 Å². The summed E-state index contributed by atoms with van der Waals surface area (Å²) in [4.78, 5) is 4.99. The van der Waals surface area contributed by atoms with E-state index in [0.717, 1.165) is 59.7 Å². The molecule has 0 amide bonds. The third kappa shape index (κ3) is 5.00. The van der Waals surface area contributed by atoms with Crippen molar-refractivity contribution < 1.29 is 9.47 Å². The Morgan fingerprint density at radius 2 is 1.12 bits per heavy atom. The van der Waals surface area contributed by atoms with Crippen LogP contribution < -0.4 is 9.47 Å². The highest BCUT2D eigenvalue weighted by Gasteiger charge is 2.19. The van der Waals surface area contributed by atoms with Crippen molar-refractivity contribution in [1.82, 2.24) is 9.80 Å². The van der Waals surface area contributed by atoms with E-state index in [1.165, 1.54) is 11.1 Å². The van der Waals surface area contributed by atoms with Gasteiger partial charge < -0.3 is 9.47 Å². The van der Waals surface area contributed by atoms with Crippen molar-refractivity contribution in [1.29, 1.82) is 0 Å². The standard InChI is InChI=1S/C20H24Br2N2O2/c1-25-17-3-5-19(21)15(11-17)13-23-7-9-24(10-8-23)14-16-12-18(26-2)4-6-20(16)22/h3-6,11-12H,7-10,13-14H2,1-2H3. The van der Waals surface area contributed by atoms with Crippen LogP contribution in [0.25, 0.3) is 0 Å². The Kier molecular flexibility index (Phi) is 6.98. The largest absolute Gasteiger partial charge is 0.497 e. The lowest BCUT2D eigenvalue weighted by Gasteiger charge is -2.35. The van der Waals surface area contributed by atoms with E-state index in [4.69, 9.17) is 9.47 Å². The van der Waals surface area contributed by atoms with Gasteiger partial charge in [-0.05, 0) is 47.5 Å². The van der Waals surface area contributed by atoms with Crippen molar-refractivity contribution in [3.8, 4) is 11.5 Å². The number of rotatable bonds is 6. The number of halogens is 2. The first-order valence-electron chi connectivity index (χ1n) is 8.68. The zero-order valence-corrected chi connectivity index (χ0v) is 18.3. The van der Waals surface area contributed by atoms with Gasteiger partial charge in [0.25, 0.3) is 0 Å². The number of hydrogen-bond acceptors (Lipinski definition) is 4. The molecule has 0 spiro atoms. The topological polar surface area (TPSA) is 24.9 Å². The minimum absolute atomic E-state index is 0.907. The number of methoxy groups -OCH3 is 2. The van der Waals surface area contributed by atoms with Crippen molar-refractivity contribution in [3.63, 3.8) is 0 Å². The molecule has 0 bridgehead atoms. The summed E-state index contributed by atoms with van der Waals surface area (Å²) in [5.41, 5.74) is 2.54. The molecule has 0 unspecified atom stereocenters. The summed E-state index contributed by atoms with van der Waals surface area (Å²) in [5.74, 6) is 1.81. The minimum atomic E-state index is 0.907. The first-order valence-corrected chi connectivity index (χ1v) is 10.3. The molecule has 3 rings (SSSR count). The molecule has 0 aliphatic carbocycles. The molecule has 2 aromatic carbocycles. The first kappa shape index (κ1) is 19.7. The second-order valence-corrected chi connectivity index (χ2v) is 8.18. The van der Waals surface area contributed by atoms with Crippen LogP contribution in [0.3, 0.4) is 0 Å². The van der Waals surface area contributed by atoms with Crippen LogP contribution in [0.2, 0.25) is 0 Å². The molecule has 1 aliphatic rings. The van der Waals surface area contributed by atoms with Crippen LogP contribution in [0, 0.1) is 0 Å². The molecule has 0 radical (unpaired) electrons. The van der Waals surface area contributed by atoms with E-state index >= 15 is 0 Å². The average molecular weight is 484 g/mol. The number of piperazine rings is 1. The molecule has 6 heteroatoms. The highest BCUT2D eigenvalue weighted by molar-refractivity contribution is 9.10. The lowest BCUT2D eigenvalue weighted by atomic mass is 10.1. The Balaban J connectivity index is 1.56. The Labute approximate surface area is 172 Å². The minimum Gasteiger partial charge on any atom is -0.497 e. The van der Waals surface area contributed by atoms with Crippen molar-refractivity contribution in [2.24, 2.45) is 0 Å². The van der Waals surface area contributed by atoms with Crippen LogP contribution in [0.1, 0.15) is 11.1 Å². The fourth-order valence-corrected chi connectivity index (χ4v) is 3.93. The molecular formula is C20H24Br2N2O2. The Morgan fingerprint density at radius 1 is 0.731 bits per heavy atom. The van der Waals surface area contributed by atoms with Crippen LogP contribution in [-0.4, -0.2) is 50.2 Å². The molecule has 140 valence electrons. The van der Waals surface area contributed by atoms with E-state index < -0.39 is 0 Å². The van der Waals surface area contributed by atoms with Crippen molar-refractivity contribution in [2.45, 2.75) is 13.1 Å². The Morgan fingerprint density at radius 3 is 1.46 bits per heavy atom. The van der Waals surface area contributed by atoms with E-state index in [1.807, 2.05) is 12.1 Å². The number of ether oxygens (including phenoxy) is 2. The van der Waals surface area contributed by atoms with Gasteiger partial charge >= 0.3 is 0 Å². The molecule has 2 aromatic rings. The normalized spacial score (nSPS) is 15.8. The van der Waals surface area contributed by atoms with Crippen molar-refractivity contribution in [3.05, 3.63) is 56.5 Å². The predicted octanol–water partition coefficient (Wildman–Crippen LogP) is 4.55. The van der Waals surface area contributed by atoms with Crippen molar-refractivity contribution in [2.75, 3.05) is 40.4 Å². The van der Waals surface area contributed by atoms with Gasteiger partial charge in [-0.1, -0.05) is 31.9 Å². The summed E-state index contributed by atoms with van der Waals surface area (Å²) >= 11 is 7.31. The van der Waals surface area contributed by atoms with Gasteiger partial charge in [-0.3, -0.25) is 9.80 Å². The maximum atomic E-state index is 5.35. The molecule has 26 heavy (non-hydrogen) atoms. The molecule has 0 aromatic heterocycles. The summed E-state index contributed by atoms with van der Waals surface area (Å²) in [6, 6.07) is 12.3. The fraction of sp³-hybridized carbons (Fsp3) is 0.400. The van der Waals surface area contributed by atoms with Gasteiger partial charge in [0.1, 0.15) is 11.5 Å². The summed E-state index contributed by atoms with van der Waals surface area (Å²) < 4.78 is 13.0. The van der Waals surface area contributed by atoms with Gasteiger partial charge in [-0.15, -0.1) is 0 Å². The van der Waals surface area contributed by atoms with E-state index in [1.54, 1.807) is 14.2 Å². The summed E-state index contributed by atoms with van der Waals surface area (Å²) in [7, 11) is 3.42. The zero-order chi connectivity index (χ0) is 18.5. The number of nitrogens with zero attached hydrogens (tertiary/aromatic N) is 2. The molecule has 0 saturated carbocycles. The van der Waals surface area contributed by atoms with Gasteiger partial charge in [0.05, 0.1) is 14.2 Å². The highest BCUT2D eigenvalue weighted by Crippen LogP contribution is 2.26. The molecule has 0 atom stereocenters. The van der Waals surface area contributed by atoms with E-state index in [2.05, 4.69) is 65.9 Å². The molecule has 1 heterocycles. The van der Waals surface area contributed by atoms with Gasteiger partial charge in [0, 0.05) is 48.2 Å². The van der Waals surface area contributed by atoms with Crippen LogP contribution >= 0.6 is 31.9 Å². The van der Waals surface area contributed by atoms with Gasteiger partial charge in [-0.25, -0.2) is 0 Å². The predicted molar refractivity (Wildman–Crippen MR) is 112 cm³/mol. The van der Waals surface area contributed by atoms with Gasteiger partial charge in [0.15, 0.2) is 0 Å². The van der Waals surface area contributed by atoms with Crippen LogP contribution in [0.5, 0.6) is 11.5 Å². The summed E-state index contributed by atoms with van der Waals surface area (Å²) in [6.07, 6.45) is 0. The monoisotopic (exact) mass is 482 g/mol. The lowest BCUT2D eigenvalue weighted by molar-refractivity contribution is 0.121. The summed E-state index contributed by atoms with van der Waals surface area (Å²) in [6.45, 7) is 6.12. The van der Waals surface area contributed by atoms with Crippen LogP contribution in [-0.2, 0) is 13.1 Å². The highest BCUT2D eigenvalue weighted by atomic mass is 79.9. The Bertz CT molecular complexity index is 683. The molecule has 0 N–H and O–H groups in total. The first-order chi connectivity index (χ1) is 12.6. The number of benzene rings is 2. The second kappa shape index (κ2) is 9.22. The average Bonchev–Trinajstić information content (AvgIpc) is 2.66. The van der Waals surface area contributed by atoms with E-state index in [9.17, 15) is 0 Å². The van der Waals surface area contributed by atoms with Gasteiger partial charge in [0.2, 0.25) is 0 Å². The molecule has 1 fully saturated rings. The van der Waals surface area contributed by atoms with Gasteiger partial charge in [-0.2, -0.15) is 0 Å². The van der Waals surface area contributed by atoms with Crippen molar-refractivity contribution >= 4 is 31.9 Å². The third-order valence-electron chi connectivity index (χ3n) is 4.76. The quantitative estimate of drug-likeness (QED) is 0.601. The molecule has 1 aliphatic heterocycles. The van der Waals surface area contributed by atoms with Crippen LogP contribution in [0.15, 0.2) is 45.3 Å².